The first kappa shape index (κ1) is 11.0. The van der Waals surface area contributed by atoms with Crippen LogP contribution in [0.3, 0.4) is 0 Å². The lowest BCUT2D eigenvalue weighted by molar-refractivity contribution is -0.0155. The molecule has 2 heteroatoms. The lowest BCUT2D eigenvalue weighted by Crippen LogP contribution is -2.47. The highest BCUT2D eigenvalue weighted by molar-refractivity contribution is 4.87. The van der Waals surface area contributed by atoms with Crippen molar-refractivity contribution in [1.29, 1.82) is 0 Å². The van der Waals surface area contributed by atoms with Gasteiger partial charge in [0, 0.05) is 6.04 Å². The molecule has 78 valence electrons. The topological polar surface area (TPSA) is 12.5 Å². The van der Waals surface area contributed by atoms with Crippen molar-refractivity contribution in [2.75, 3.05) is 20.2 Å². The molecule has 0 heterocycles. The second-order valence-electron chi connectivity index (χ2n) is 4.36. The summed E-state index contributed by atoms with van der Waals surface area (Å²) in [6, 6.07) is 0.781. The molecule has 1 rings (SSSR count). The summed E-state index contributed by atoms with van der Waals surface area (Å²) in [6.45, 7) is 8.54. The Kier molecular flexibility index (Phi) is 4.20. The van der Waals surface area contributed by atoms with Crippen LogP contribution in [0.15, 0.2) is 0 Å². The molecule has 1 aliphatic carbocycles. The fourth-order valence-corrected chi connectivity index (χ4v) is 1.88. The van der Waals surface area contributed by atoms with Gasteiger partial charge in [-0.2, -0.15) is 0 Å². The highest BCUT2D eigenvalue weighted by Gasteiger charge is 2.33. The van der Waals surface area contributed by atoms with Crippen LogP contribution in [0.25, 0.3) is 0 Å². The zero-order chi connectivity index (χ0) is 9.84. The van der Waals surface area contributed by atoms with E-state index in [0.717, 1.165) is 25.1 Å². The fourth-order valence-electron chi connectivity index (χ4n) is 1.88. The van der Waals surface area contributed by atoms with E-state index < -0.39 is 0 Å². The third-order valence-electron chi connectivity index (χ3n) is 3.09. The van der Waals surface area contributed by atoms with Crippen molar-refractivity contribution in [3.63, 3.8) is 0 Å². The van der Waals surface area contributed by atoms with Gasteiger partial charge in [-0.1, -0.05) is 6.92 Å². The number of ether oxygens (including phenoxy) is 1. The molecule has 1 aliphatic rings. The lowest BCUT2D eigenvalue weighted by atomic mass is 9.79. The third-order valence-corrected chi connectivity index (χ3v) is 3.09. The SMILES string of the molecule is CCN(C)C1CCC1COC(C)C. The molecular formula is C11H23NO. The van der Waals surface area contributed by atoms with Crippen LogP contribution >= 0.6 is 0 Å². The van der Waals surface area contributed by atoms with E-state index in [9.17, 15) is 0 Å². The van der Waals surface area contributed by atoms with E-state index in [-0.39, 0.29) is 0 Å². The largest absolute Gasteiger partial charge is 0.378 e. The number of hydrogen-bond donors (Lipinski definition) is 0. The molecule has 0 spiro atoms. The van der Waals surface area contributed by atoms with Gasteiger partial charge in [0.25, 0.3) is 0 Å². The molecule has 13 heavy (non-hydrogen) atoms. The molecule has 1 saturated carbocycles. The smallest absolute Gasteiger partial charge is 0.0519 e. The van der Waals surface area contributed by atoms with Crippen LogP contribution in [-0.2, 0) is 4.74 Å². The molecule has 0 bridgehead atoms. The molecular weight excluding hydrogens is 162 g/mol. The number of rotatable bonds is 5. The predicted octanol–water partition coefficient (Wildman–Crippen LogP) is 2.14. The van der Waals surface area contributed by atoms with Crippen molar-refractivity contribution in [3.8, 4) is 0 Å². The van der Waals surface area contributed by atoms with E-state index in [0.29, 0.717) is 6.10 Å². The predicted molar refractivity (Wildman–Crippen MR) is 55.9 cm³/mol. The van der Waals surface area contributed by atoms with Gasteiger partial charge in [-0.3, -0.25) is 0 Å². The minimum absolute atomic E-state index is 0.383. The average Bonchev–Trinajstić information content (AvgIpc) is 2.01. The first-order chi connectivity index (χ1) is 6.15. The Morgan fingerprint density at radius 1 is 1.38 bits per heavy atom. The van der Waals surface area contributed by atoms with Gasteiger partial charge < -0.3 is 9.64 Å². The summed E-state index contributed by atoms with van der Waals surface area (Å²) in [5, 5.41) is 0. The summed E-state index contributed by atoms with van der Waals surface area (Å²) in [7, 11) is 2.21. The van der Waals surface area contributed by atoms with E-state index in [2.05, 4.69) is 32.7 Å². The highest BCUT2D eigenvalue weighted by atomic mass is 16.5. The summed E-state index contributed by atoms with van der Waals surface area (Å²) < 4.78 is 5.64. The van der Waals surface area contributed by atoms with E-state index in [4.69, 9.17) is 4.74 Å². The molecule has 0 N–H and O–H groups in total. The molecule has 0 aliphatic heterocycles. The Balaban J connectivity index is 2.20. The van der Waals surface area contributed by atoms with Crippen molar-refractivity contribution in [1.82, 2.24) is 4.90 Å². The number of nitrogens with zero attached hydrogens (tertiary/aromatic N) is 1. The Labute approximate surface area is 82.3 Å². The van der Waals surface area contributed by atoms with E-state index in [1.54, 1.807) is 0 Å². The van der Waals surface area contributed by atoms with Crippen molar-refractivity contribution in [3.05, 3.63) is 0 Å². The quantitative estimate of drug-likeness (QED) is 0.650. The Morgan fingerprint density at radius 2 is 2.08 bits per heavy atom. The lowest BCUT2D eigenvalue weighted by Gasteiger charge is -2.42. The van der Waals surface area contributed by atoms with Crippen LogP contribution < -0.4 is 0 Å². The van der Waals surface area contributed by atoms with Gasteiger partial charge in [0.1, 0.15) is 0 Å². The van der Waals surface area contributed by atoms with Crippen molar-refractivity contribution in [2.24, 2.45) is 5.92 Å². The summed E-state index contributed by atoms with van der Waals surface area (Å²) in [5.74, 6) is 0.785. The van der Waals surface area contributed by atoms with Gasteiger partial charge in [0.05, 0.1) is 12.7 Å². The van der Waals surface area contributed by atoms with E-state index >= 15 is 0 Å². The minimum Gasteiger partial charge on any atom is -0.378 e. The monoisotopic (exact) mass is 185 g/mol. The Hall–Kier alpha value is -0.0800. The van der Waals surface area contributed by atoms with Crippen LogP contribution in [0, 0.1) is 5.92 Å². The Morgan fingerprint density at radius 3 is 2.46 bits per heavy atom. The van der Waals surface area contributed by atoms with Crippen LogP contribution in [0.5, 0.6) is 0 Å². The average molecular weight is 185 g/mol. The molecule has 1 fully saturated rings. The van der Waals surface area contributed by atoms with Gasteiger partial charge in [-0.15, -0.1) is 0 Å². The highest BCUT2D eigenvalue weighted by Crippen LogP contribution is 2.31. The number of hydrogen-bond acceptors (Lipinski definition) is 2. The molecule has 0 amide bonds. The molecule has 0 radical (unpaired) electrons. The van der Waals surface area contributed by atoms with Gasteiger partial charge in [0.15, 0.2) is 0 Å². The third kappa shape index (κ3) is 2.96. The second-order valence-corrected chi connectivity index (χ2v) is 4.36. The Bertz CT molecular complexity index is 147. The van der Waals surface area contributed by atoms with Crippen LogP contribution in [0.1, 0.15) is 33.6 Å². The molecule has 2 nitrogen and oxygen atoms in total. The zero-order valence-electron chi connectivity index (χ0n) is 9.42. The van der Waals surface area contributed by atoms with E-state index in [1.807, 2.05) is 0 Å². The van der Waals surface area contributed by atoms with Gasteiger partial charge in [-0.05, 0) is 46.2 Å². The van der Waals surface area contributed by atoms with Crippen LogP contribution in [0.2, 0.25) is 0 Å². The maximum Gasteiger partial charge on any atom is 0.0519 e. The fraction of sp³-hybridized carbons (Fsp3) is 1.00. The van der Waals surface area contributed by atoms with Crippen molar-refractivity contribution >= 4 is 0 Å². The molecule has 0 saturated heterocycles. The molecule has 0 aromatic heterocycles. The van der Waals surface area contributed by atoms with Crippen molar-refractivity contribution in [2.45, 2.75) is 45.8 Å². The van der Waals surface area contributed by atoms with Crippen LogP contribution in [0.4, 0.5) is 0 Å². The second kappa shape index (κ2) is 4.97. The maximum atomic E-state index is 5.64. The molecule has 0 aromatic rings. The summed E-state index contributed by atoms with van der Waals surface area (Å²) in [4.78, 5) is 2.44. The molecule has 2 atom stereocenters. The maximum absolute atomic E-state index is 5.64. The first-order valence-corrected chi connectivity index (χ1v) is 5.47. The summed E-state index contributed by atoms with van der Waals surface area (Å²) in [6.07, 6.45) is 3.09. The summed E-state index contributed by atoms with van der Waals surface area (Å²) >= 11 is 0. The van der Waals surface area contributed by atoms with Crippen molar-refractivity contribution < 1.29 is 4.74 Å². The van der Waals surface area contributed by atoms with Gasteiger partial charge in [0.2, 0.25) is 0 Å². The molecule has 2 unspecified atom stereocenters. The standard InChI is InChI=1S/C11H23NO/c1-5-12(4)11-7-6-10(11)8-13-9(2)3/h9-11H,5-8H2,1-4H3. The van der Waals surface area contributed by atoms with Crippen LogP contribution in [-0.4, -0.2) is 37.2 Å². The van der Waals surface area contributed by atoms with E-state index in [1.165, 1.54) is 12.8 Å². The normalized spacial score (nSPS) is 28.2. The summed E-state index contributed by atoms with van der Waals surface area (Å²) in [5.41, 5.74) is 0. The zero-order valence-corrected chi connectivity index (χ0v) is 9.42. The minimum atomic E-state index is 0.383. The van der Waals surface area contributed by atoms with Gasteiger partial charge in [-0.25, -0.2) is 0 Å². The first-order valence-electron chi connectivity index (χ1n) is 5.47. The van der Waals surface area contributed by atoms with Gasteiger partial charge >= 0.3 is 0 Å². The molecule has 0 aromatic carbocycles.